The van der Waals surface area contributed by atoms with Gasteiger partial charge in [-0.15, -0.1) is 0 Å². The Bertz CT molecular complexity index is 943. The molecule has 0 unspecified atom stereocenters. The Balaban J connectivity index is 2.04. The molecule has 0 saturated carbocycles. The van der Waals surface area contributed by atoms with Crippen LogP contribution < -0.4 is 15.0 Å². The third-order valence-corrected chi connectivity index (χ3v) is 3.90. The molecule has 0 bridgehead atoms. The van der Waals surface area contributed by atoms with E-state index in [1.807, 2.05) is 24.3 Å². The van der Waals surface area contributed by atoms with Gasteiger partial charge < -0.3 is 9.47 Å². The number of methoxy groups -OCH3 is 2. The number of rotatable bonds is 5. The number of aromatic nitrogens is 2. The predicted molar refractivity (Wildman–Crippen MR) is 94.7 cm³/mol. The fourth-order valence-electron chi connectivity index (χ4n) is 2.55. The maximum Gasteiger partial charge on any atom is 0.261 e. The Morgan fingerprint density at radius 2 is 1.79 bits per heavy atom. The molecular weight excluding hydrogens is 304 g/mol. The van der Waals surface area contributed by atoms with E-state index in [9.17, 15) is 4.79 Å². The van der Waals surface area contributed by atoms with E-state index < -0.39 is 0 Å². The summed E-state index contributed by atoms with van der Waals surface area (Å²) < 4.78 is 12.1. The largest absolute Gasteiger partial charge is 0.493 e. The van der Waals surface area contributed by atoms with E-state index in [2.05, 4.69) is 11.6 Å². The first-order valence-corrected chi connectivity index (χ1v) is 7.49. The maximum absolute atomic E-state index is 12.7. The molecule has 0 saturated heterocycles. The summed E-state index contributed by atoms with van der Waals surface area (Å²) >= 11 is 0. The third-order valence-electron chi connectivity index (χ3n) is 3.90. The summed E-state index contributed by atoms with van der Waals surface area (Å²) in [5, 5.41) is 0.498. The number of nitrogens with zero attached hydrogens (tertiary/aromatic N) is 2. The molecule has 2 aromatic carbocycles. The number of hydrogen-bond donors (Lipinski definition) is 0. The monoisotopic (exact) mass is 322 g/mol. The van der Waals surface area contributed by atoms with Gasteiger partial charge >= 0.3 is 0 Å². The van der Waals surface area contributed by atoms with Gasteiger partial charge in [-0.05, 0) is 17.2 Å². The van der Waals surface area contributed by atoms with Crippen LogP contribution in [0.5, 0.6) is 11.5 Å². The van der Waals surface area contributed by atoms with E-state index >= 15 is 0 Å². The zero-order valence-electron chi connectivity index (χ0n) is 13.7. The smallest absolute Gasteiger partial charge is 0.261 e. The minimum atomic E-state index is -0.117. The average Bonchev–Trinajstić information content (AvgIpc) is 2.63. The Kier molecular flexibility index (Phi) is 4.33. The predicted octanol–water partition coefficient (Wildman–Crippen LogP) is 3.11. The fourth-order valence-corrected chi connectivity index (χ4v) is 2.55. The molecule has 0 aliphatic carbocycles. The fraction of sp³-hybridized carbons (Fsp3) is 0.158. The first kappa shape index (κ1) is 15.8. The molecule has 0 spiro atoms. The van der Waals surface area contributed by atoms with Crippen molar-refractivity contribution < 1.29 is 9.47 Å². The molecule has 0 aliphatic rings. The first-order chi connectivity index (χ1) is 11.7. The van der Waals surface area contributed by atoms with Crippen molar-refractivity contribution in [2.24, 2.45) is 0 Å². The summed E-state index contributed by atoms with van der Waals surface area (Å²) in [7, 11) is 3.09. The van der Waals surface area contributed by atoms with Crippen LogP contribution in [0.2, 0.25) is 0 Å². The number of benzene rings is 2. The molecule has 24 heavy (non-hydrogen) atoms. The van der Waals surface area contributed by atoms with Gasteiger partial charge in [-0.3, -0.25) is 9.36 Å². The van der Waals surface area contributed by atoms with Crippen LogP contribution in [0, 0.1) is 0 Å². The van der Waals surface area contributed by atoms with Crippen molar-refractivity contribution in [3.8, 4) is 11.5 Å². The van der Waals surface area contributed by atoms with Crippen LogP contribution in [0.1, 0.15) is 11.1 Å². The Hall–Kier alpha value is -3.08. The summed E-state index contributed by atoms with van der Waals surface area (Å²) in [4.78, 5) is 17.1. The van der Waals surface area contributed by atoms with E-state index in [1.165, 1.54) is 0 Å². The molecule has 5 nitrogen and oxygen atoms in total. The summed E-state index contributed by atoms with van der Waals surface area (Å²) in [6, 6.07) is 11.3. The zero-order chi connectivity index (χ0) is 17.1. The molecule has 0 aliphatic heterocycles. The van der Waals surface area contributed by atoms with E-state index in [-0.39, 0.29) is 5.56 Å². The molecular formula is C19H18N2O3. The summed E-state index contributed by atoms with van der Waals surface area (Å²) in [5.74, 6) is 1.06. The van der Waals surface area contributed by atoms with Gasteiger partial charge in [-0.1, -0.05) is 36.9 Å². The van der Waals surface area contributed by atoms with Crippen LogP contribution in [-0.4, -0.2) is 23.8 Å². The Labute approximate surface area is 139 Å². The summed E-state index contributed by atoms with van der Waals surface area (Å²) in [6.07, 6.45) is 3.34. The molecule has 0 atom stereocenters. The lowest BCUT2D eigenvalue weighted by atomic mass is 10.1. The van der Waals surface area contributed by atoms with Gasteiger partial charge in [0.1, 0.15) is 0 Å². The zero-order valence-corrected chi connectivity index (χ0v) is 13.7. The number of hydrogen-bond acceptors (Lipinski definition) is 4. The maximum atomic E-state index is 12.7. The molecule has 0 N–H and O–H groups in total. The molecule has 1 aromatic heterocycles. The quantitative estimate of drug-likeness (QED) is 0.724. The van der Waals surface area contributed by atoms with Gasteiger partial charge in [0.15, 0.2) is 11.5 Å². The van der Waals surface area contributed by atoms with Crippen LogP contribution in [0.4, 0.5) is 0 Å². The molecule has 0 fully saturated rings. The van der Waals surface area contributed by atoms with Crippen LogP contribution in [0.25, 0.3) is 17.0 Å². The van der Waals surface area contributed by atoms with Crippen molar-refractivity contribution >= 4 is 17.0 Å². The average molecular weight is 322 g/mol. The van der Waals surface area contributed by atoms with Gasteiger partial charge in [0.2, 0.25) is 0 Å². The lowest BCUT2D eigenvalue weighted by Crippen LogP contribution is -2.21. The van der Waals surface area contributed by atoms with Crippen molar-refractivity contribution in [1.82, 2.24) is 9.55 Å². The second kappa shape index (κ2) is 6.58. The molecule has 0 radical (unpaired) electrons. The van der Waals surface area contributed by atoms with E-state index in [0.717, 1.165) is 11.1 Å². The highest BCUT2D eigenvalue weighted by Gasteiger charge is 2.11. The lowest BCUT2D eigenvalue weighted by molar-refractivity contribution is 0.355. The second-order valence-corrected chi connectivity index (χ2v) is 5.35. The van der Waals surface area contributed by atoms with Crippen LogP contribution in [-0.2, 0) is 6.54 Å². The molecule has 5 heteroatoms. The van der Waals surface area contributed by atoms with Crippen LogP contribution >= 0.6 is 0 Å². The van der Waals surface area contributed by atoms with Crippen LogP contribution in [0.15, 0.2) is 54.1 Å². The van der Waals surface area contributed by atoms with Crippen LogP contribution in [0.3, 0.4) is 0 Å². The van der Waals surface area contributed by atoms with Crippen molar-refractivity contribution in [2.75, 3.05) is 14.2 Å². The highest BCUT2D eigenvalue weighted by molar-refractivity contribution is 5.81. The summed E-state index contributed by atoms with van der Waals surface area (Å²) in [5.41, 5.74) is 2.52. The lowest BCUT2D eigenvalue weighted by Gasteiger charge is -2.10. The molecule has 0 amide bonds. The third kappa shape index (κ3) is 2.88. The van der Waals surface area contributed by atoms with Crippen molar-refractivity contribution in [1.29, 1.82) is 0 Å². The SMILES string of the molecule is C=Cc1ccc(Cn2cnc3cc(OC)c(OC)cc3c2=O)cc1. The molecule has 3 rings (SSSR count). The van der Waals surface area contributed by atoms with Gasteiger partial charge in [0.05, 0.1) is 38.0 Å². The molecule has 122 valence electrons. The normalized spacial score (nSPS) is 10.6. The highest BCUT2D eigenvalue weighted by atomic mass is 16.5. The topological polar surface area (TPSA) is 53.4 Å². The van der Waals surface area contributed by atoms with E-state index in [1.54, 1.807) is 43.3 Å². The van der Waals surface area contributed by atoms with Gasteiger partial charge in [-0.2, -0.15) is 0 Å². The number of fused-ring (bicyclic) bond motifs is 1. The van der Waals surface area contributed by atoms with Gasteiger partial charge in [0.25, 0.3) is 5.56 Å². The van der Waals surface area contributed by atoms with E-state index in [0.29, 0.717) is 28.9 Å². The van der Waals surface area contributed by atoms with Crippen molar-refractivity contribution in [2.45, 2.75) is 6.54 Å². The van der Waals surface area contributed by atoms with Gasteiger partial charge in [-0.25, -0.2) is 4.98 Å². The Morgan fingerprint density at radius 3 is 2.42 bits per heavy atom. The van der Waals surface area contributed by atoms with Gasteiger partial charge in [0, 0.05) is 6.07 Å². The minimum Gasteiger partial charge on any atom is -0.493 e. The summed E-state index contributed by atoms with van der Waals surface area (Å²) in [6.45, 7) is 4.19. The highest BCUT2D eigenvalue weighted by Crippen LogP contribution is 2.29. The Morgan fingerprint density at radius 1 is 1.12 bits per heavy atom. The second-order valence-electron chi connectivity index (χ2n) is 5.35. The van der Waals surface area contributed by atoms with Crippen molar-refractivity contribution in [3.63, 3.8) is 0 Å². The van der Waals surface area contributed by atoms with Crippen molar-refractivity contribution in [3.05, 3.63) is 70.8 Å². The number of ether oxygens (including phenoxy) is 2. The first-order valence-electron chi connectivity index (χ1n) is 7.49. The molecule has 1 heterocycles. The minimum absolute atomic E-state index is 0.117. The molecule has 3 aromatic rings. The standard InChI is InChI=1S/C19H18N2O3/c1-4-13-5-7-14(8-6-13)11-21-12-20-16-10-18(24-3)17(23-2)9-15(16)19(21)22/h4-10,12H,1,11H2,2-3H3. The van der Waals surface area contributed by atoms with E-state index in [4.69, 9.17) is 9.47 Å².